The van der Waals surface area contributed by atoms with Gasteiger partial charge in [0.15, 0.2) is 11.5 Å². The summed E-state index contributed by atoms with van der Waals surface area (Å²) in [6.07, 6.45) is -4.41. The molecule has 0 unspecified atom stereocenters. The summed E-state index contributed by atoms with van der Waals surface area (Å²) in [6, 6.07) is 9.26. The molecule has 24 heavy (non-hydrogen) atoms. The summed E-state index contributed by atoms with van der Waals surface area (Å²) in [4.78, 5) is 11.2. The summed E-state index contributed by atoms with van der Waals surface area (Å²) in [7, 11) is 0. The van der Waals surface area contributed by atoms with Gasteiger partial charge in [0, 0.05) is 5.56 Å². The molecule has 0 heterocycles. The van der Waals surface area contributed by atoms with Gasteiger partial charge in [-0.15, -0.1) is 0 Å². The minimum absolute atomic E-state index is 0.0713. The zero-order chi connectivity index (χ0) is 17.7. The van der Waals surface area contributed by atoms with Crippen molar-refractivity contribution < 1.29 is 27.4 Å². The Balaban J connectivity index is 2.18. The van der Waals surface area contributed by atoms with Crippen LogP contribution >= 0.6 is 11.6 Å². The van der Waals surface area contributed by atoms with Crippen LogP contribution in [0.15, 0.2) is 42.5 Å². The van der Waals surface area contributed by atoms with Gasteiger partial charge < -0.3 is 9.47 Å². The lowest BCUT2D eigenvalue weighted by Gasteiger charge is -2.13. The predicted octanol–water partition coefficient (Wildman–Crippen LogP) is 5.06. The molecule has 0 fully saturated rings. The Morgan fingerprint density at radius 3 is 2.46 bits per heavy atom. The Bertz CT molecular complexity index is 729. The molecule has 0 N–H and O–H groups in total. The molecule has 0 saturated carbocycles. The number of carbonyl (C=O) groups excluding carboxylic acids is 1. The smallest absolute Gasteiger partial charge is 0.416 e. The Kier molecular flexibility index (Phi) is 5.72. The van der Waals surface area contributed by atoms with Crippen LogP contribution < -0.4 is 9.47 Å². The van der Waals surface area contributed by atoms with E-state index < -0.39 is 17.0 Å². The third-order valence-corrected chi connectivity index (χ3v) is 3.34. The lowest BCUT2D eigenvalue weighted by atomic mass is 10.1. The van der Waals surface area contributed by atoms with Gasteiger partial charge in [0.1, 0.15) is 6.61 Å². The number of rotatable bonds is 6. The number of hydrogen-bond acceptors (Lipinski definition) is 3. The van der Waals surface area contributed by atoms with E-state index in [1.165, 1.54) is 30.3 Å². The monoisotopic (exact) mass is 358 g/mol. The molecular formula is C17H14ClF3O3. The molecule has 0 radical (unpaired) electrons. The molecule has 2 aromatic rings. The highest BCUT2D eigenvalue weighted by Crippen LogP contribution is 2.32. The molecule has 0 aliphatic heterocycles. The fourth-order valence-corrected chi connectivity index (χ4v) is 2.13. The second-order valence-electron chi connectivity index (χ2n) is 4.86. The Labute approximate surface area is 142 Å². The molecule has 3 nitrogen and oxygen atoms in total. The van der Waals surface area contributed by atoms with Crippen LogP contribution in [0.25, 0.3) is 0 Å². The molecule has 0 aliphatic rings. The van der Waals surface area contributed by atoms with Gasteiger partial charge in [-0.2, -0.15) is 13.2 Å². The van der Waals surface area contributed by atoms with Crippen molar-refractivity contribution in [3.8, 4) is 11.5 Å². The fraction of sp³-hybridized carbons (Fsp3) is 0.235. The van der Waals surface area contributed by atoms with Crippen molar-refractivity contribution >= 4 is 16.8 Å². The number of benzene rings is 2. The zero-order valence-electron chi connectivity index (χ0n) is 12.7. The van der Waals surface area contributed by atoms with Crippen molar-refractivity contribution in [2.75, 3.05) is 6.61 Å². The van der Waals surface area contributed by atoms with Crippen molar-refractivity contribution in [2.24, 2.45) is 0 Å². The molecule has 0 saturated heterocycles. The van der Waals surface area contributed by atoms with Crippen molar-refractivity contribution in [3.63, 3.8) is 0 Å². The Morgan fingerprint density at radius 1 is 1.08 bits per heavy atom. The van der Waals surface area contributed by atoms with Crippen LogP contribution in [0, 0.1) is 0 Å². The second-order valence-corrected chi connectivity index (χ2v) is 5.20. The van der Waals surface area contributed by atoms with Crippen LogP contribution in [0.5, 0.6) is 11.5 Å². The molecule has 128 valence electrons. The van der Waals surface area contributed by atoms with Crippen LogP contribution in [-0.4, -0.2) is 11.8 Å². The van der Waals surface area contributed by atoms with Gasteiger partial charge in [-0.1, -0.05) is 12.1 Å². The molecular weight excluding hydrogens is 345 g/mol. The average Bonchev–Trinajstić information content (AvgIpc) is 2.53. The predicted molar refractivity (Wildman–Crippen MR) is 83.6 cm³/mol. The maximum Gasteiger partial charge on any atom is 0.416 e. The van der Waals surface area contributed by atoms with Crippen molar-refractivity contribution in [3.05, 3.63) is 59.2 Å². The van der Waals surface area contributed by atoms with Crippen molar-refractivity contribution in [1.29, 1.82) is 0 Å². The highest BCUT2D eigenvalue weighted by Gasteiger charge is 2.30. The van der Waals surface area contributed by atoms with E-state index in [9.17, 15) is 18.0 Å². The number of alkyl halides is 3. The van der Waals surface area contributed by atoms with E-state index in [1.807, 2.05) is 0 Å². The highest BCUT2D eigenvalue weighted by atomic mass is 35.5. The molecule has 0 spiro atoms. The van der Waals surface area contributed by atoms with Gasteiger partial charge in [0.05, 0.1) is 12.2 Å². The van der Waals surface area contributed by atoms with E-state index in [2.05, 4.69) is 0 Å². The maximum atomic E-state index is 12.7. The summed E-state index contributed by atoms with van der Waals surface area (Å²) in [5.74, 6) is 0.618. The van der Waals surface area contributed by atoms with Crippen LogP contribution in [0.4, 0.5) is 13.2 Å². The van der Waals surface area contributed by atoms with E-state index in [1.54, 1.807) is 6.92 Å². The minimum Gasteiger partial charge on any atom is -0.490 e. The molecule has 2 rings (SSSR count). The quantitative estimate of drug-likeness (QED) is 0.677. The first-order valence-electron chi connectivity index (χ1n) is 7.07. The van der Waals surface area contributed by atoms with E-state index in [4.69, 9.17) is 21.1 Å². The summed E-state index contributed by atoms with van der Waals surface area (Å²) in [5.41, 5.74) is -0.131. The largest absolute Gasteiger partial charge is 0.490 e. The molecule has 7 heteroatoms. The number of halogens is 4. The zero-order valence-corrected chi connectivity index (χ0v) is 13.4. The Morgan fingerprint density at radius 2 is 1.83 bits per heavy atom. The molecule has 0 aliphatic carbocycles. The normalized spacial score (nSPS) is 11.2. The number of hydrogen-bond donors (Lipinski definition) is 0. The number of carbonyl (C=O) groups is 1. The standard InChI is InChI=1S/C17H14ClF3O3/c1-2-23-15-9-12(16(18)22)6-7-14(15)24-10-11-4-3-5-13(8-11)17(19,20)21/h3-9H,2,10H2,1H3. The van der Waals surface area contributed by atoms with Crippen molar-refractivity contribution in [1.82, 2.24) is 0 Å². The maximum absolute atomic E-state index is 12.7. The van der Waals surface area contributed by atoms with Crippen LogP contribution in [-0.2, 0) is 12.8 Å². The van der Waals surface area contributed by atoms with Crippen LogP contribution in [0.3, 0.4) is 0 Å². The number of ether oxygens (including phenoxy) is 2. The van der Waals surface area contributed by atoms with Crippen molar-refractivity contribution in [2.45, 2.75) is 19.7 Å². The lowest BCUT2D eigenvalue weighted by Crippen LogP contribution is -2.06. The SMILES string of the molecule is CCOc1cc(C(=O)Cl)ccc1OCc1cccc(C(F)(F)F)c1. The minimum atomic E-state index is -4.41. The summed E-state index contributed by atoms with van der Waals surface area (Å²) in [6.45, 7) is 2.02. The van der Waals surface area contributed by atoms with Gasteiger partial charge in [0.2, 0.25) is 0 Å². The summed E-state index contributed by atoms with van der Waals surface area (Å²) in [5, 5.41) is -0.639. The summed E-state index contributed by atoms with van der Waals surface area (Å²) >= 11 is 5.42. The van der Waals surface area contributed by atoms with E-state index >= 15 is 0 Å². The van der Waals surface area contributed by atoms with E-state index in [0.29, 0.717) is 23.7 Å². The molecule has 2 aromatic carbocycles. The third kappa shape index (κ3) is 4.64. The van der Waals surface area contributed by atoms with E-state index in [-0.39, 0.29) is 12.2 Å². The van der Waals surface area contributed by atoms with Gasteiger partial charge >= 0.3 is 6.18 Å². The van der Waals surface area contributed by atoms with Gasteiger partial charge in [-0.3, -0.25) is 4.79 Å². The lowest BCUT2D eigenvalue weighted by molar-refractivity contribution is -0.137. The highest BCUT2D eigenvalue weighted by molar-refractivity contribution is 6.67. The molecule has 0 atom stereocenters. The second kappa shape index (κ2) is 7.57. The molecule has 0 aromatic heterocycles. The van der Waals surface area contributed by atoms with Gasteiger partial charge in [0.25, 0.3) is 5.24 Å². The third-order valence-electron chi connectivity index (χ3n) is 3.12. The first-order chi connectivity index (χ1) is 11.3. The van der Waals surface area contributed by atoms with Gasteiger partial charge in [-0.05, 0) is 54.4 Å². The molecule has 0 amide bonds. The fourth-order valence-electron chi connectivity index (χ4n) is 2.02. The topological polar surface area (TPSA) is 35.5 Å². The van der Waals surface area contributed by atoms with Crippen LogP contribution in [0.1, 0.15) is 28.4 Å². The Hall–Kier alpha value is -2.21. The summed E-state index contributed by atoms with van der Waals surface area (Å²) < 4.78 is 49.0. The first-order valence-corrected chi connectivity index (χ1v) is 7.44. The van der Waals surface area contributed by atoms with Crippen LogP contribution in [0.2, 0.25) is 0 Å². The average molecular weight is 359 g/mol. The van der Waals surface area contributed by atoms with Gasteiger partial charge in [-0.25, -0.2) is 0 Å². The first kappa shape index (κ1) is 18.1. The molecule has 0 bridgehead atoms. The van der Waals surface area contributed by atoms with E-state index in [0.717, 1.165) is 12.1 Å².